The number of hydrogen-bond donors (Lipinski definition) is 4. The molecule has 58 heavy (non-hydrogen) atoms. The highest BCUT2D eigenvalue weighted by atomic mass is 16.5. The Morgan fingerprint density at radius 3 is 2.40 bits per heavy atom. The molecule has 1 aliphatic carbocycles. The first-order valence-electron chi connectivity index (χ1n) is 20.5. The van der Waals surface area contributed by atoms with Crippen molar-refractivity contribution in [2.45, 2.75) is 108 Å². The Bertz CT molecular complexity index is 1800. The summed E-state index contributed by atoms with van der Waals surface area (Å²) in [4.78, 5) is 97.6. The number of aryl methyl sites for hydroxylation is 1. The Morgan fingerprint density at radius 2 is 1.69 bits per heavy atom. The topological polar surface area (TPSA) is 193 Å². The molecule has 2 aliphatic heterocycles. The smallest absolute Gasteiger partial charge is 0.290 e. The molecule has 4 bridgehead atoms. The normalized spacial score (nSPS) is 21.4. The largest absolute Gasteiger partial charge is 0.493 e. The number of carbonyl (C=O) groups excluding carboxylic acids is 7. The van der Waals surface area contributed by atoms with Gasteiger partial charge < -0.3 is 40.5 Å². The third kappa shape index (κ3) is 11.9. The predicted molar refractivity (Wildman–Crippen MR) is 214 cm³/mol. The molecule has 4 N–H and O–H groups in total. The van der Waals surface area contributed by atoms with Gasteiger partial charge in [0.05, 0.1) is 38.3 Å². The van der Waals surface area contributed by atoms with Crippen LogP contribution in [0.25, 0.3) is 0 Å². The van der Waals surface area contributed by atoms with Crippen molar-refractivity contribution < 1.29 is 43.0 Å². The highest BCUT2D eigenvalue weighted by Crippen LogP contribution is 2.31. The van der Waals surface area contributed by atoms with Crippen LogP contribution in [-0.4, -0.2) is 116 Å². The summed E-state index contributed by atoms with van der Waals surface area (Å²) in [6, 6.07) is 10.2. The molecule has 2 heterocycles. The molecule has 0 radical (unpaired) electrons. The highest BCUT2D eigenvalue weighted by molar-refractivity contribution is 6.38. The maximum absolute atomic E-state index is 14.6. The SMILES string of the molecule is CCC[C@H](NC(=O)[C@@H]1C[C@@H]2CN1C(=O)[C@H](C1CCCCC1)NC(=O)Cc1cc(C)cc(c1)OCCCO2)C(=O)C(=O)NCC(=O)N[C@H](C(=O)N(C)C)c1ccccc1. The molecular weight excluding hydrogens is 745 g/mol. The van der Waals surface area contributed by atoms with Crippen LogP contribution in [0, 0.1) is 12.8 Å². The second-order valence-corrected chi connectivity index (χ2v) is 15.8. The molecule has 0 unspecified atom stereocenters. The molecule has 2 fully saturated rings. The number of benzene rings is 2. The van der Waals surface area contributed by atoms with E-state index in [1.54, 1.807) is 51.4 Å². The molecule has 2 aromatic carbocycles. The molecule has 314 valence electrons. The van der Waals surface area contributed by atoms with Crippen LogP contribution in [0.15, 0.2) is 48.5 Å². The molecule has 0 spiro atoms. The van der Waals surface area contributed by atoms with E-state index in [0.717, 1.165) is 43.2 Å². The monoisotopic (exact) mass is 802 g/mol. The van der Waals surface area contributed by atoms with E-state index >= 15 is 0 Å². The average Bonchev–Trinajstić information content (AvgIpc) is 3.64. The molecule has 15 nitrogen and oxygen atoms in total. The van der Waals surface area contributed by atoms with Crippen molar-refractivity contribution in [1.29, 1.82) is 0 Å². The lowest BCUT2D eigenvalue weighted by Gasteiger charge is -2.35. The van der Waals surface area contributed by atoms with Gasteiger partial charge >= 0.3 is 0 Å². The lowest BCUT2D eigenvalue weighted by molar-refractivity contribution is -0.144. The van der Waals surface area contributed by atoms with Gasteiger partial charge in [0.1, 0.15) is 23.9 Å². The maximum atomic E-state index is 14.6. The Balaban J connectivity index is 1.29. The van der Waals surface area contributed by atoms with E-state index in [1.165, 1.54) is 9.80 Å². The van der Waals surface area contributed by atoms with Gasteiger partial charge in [-0.25, -0.2) is 0 Å². The maximum Gasteiger partial charge on any atom is 0.290 e. The summed E-state index contributed by atoms with van der Waals surface area (Å²) in [7, 11) is 3.12. The number of carbonyl (C=O) groups is 7. The number of Topliss-reactive ketones (excluding diaryl/α,β-unsaturated/α-hetero) is 1. The van der Waals surface area contributed by atoms with Crippen molar-refractivity contribution in [3.63, 3.8) is 0 Å². The predicted octanol–water partition coefficient (Wildman–Crippen LogP) is 2.29. The first-order chi connectivity index (χ1) is 27.8. The summed E-state index contributed by atoms with van der Waals surface area (Å²) < 4.78 is 12.2. The summed E-state index contributed by atoms with van der Waals surface area (Å²) in [6.07, 6.45) is 5.21. The third-order valence-electron chi connectivity index (χ3n) is 10.9. The number of likely N-dealkylation sites (N-methyl/N-ethyl adjacent to an activating group) is 1. The number of nitrogens with zero attached hydrogens (tertiary/aromatic N) is 2. The van der Waals surface area contributed by atoms with E-state index in [4.69, 9.17) is 9.47 Å². The number of amides is 6. The first-order valence-corrected chi connectivity index (χ1v) is 20.5. The van der Waals surface area contributed by atoms with Gasteiger partial charge in [-0.3, -0.25) is 33.6 Å². The summed E-state index contributed by atoms with van der Waals surface area (Å²) in [5, 5.41) is 10.7. The molecule has 1 saturated heterocycles. The fraction of sp³-hybridized carbons (Fsp3) is 0.558. The molecule has 15 heteroatoms. The minimum Gasteiger partial charge on any atom is -0.493 e. The number of ketones is 1. The van der Waals surface area contributed by atoms with Crippen LogP contribution in [0.4, 0.5) is 0 Å². The summed E-state index contributed by atoms with van der Waals surface area (Å²) in [6.45, 7) is 3.94. The van der Waals surface area contributed by atoms with Crippen LogP contribution in [0.5, 0.6) is 5.75 Å². The Hall–Kier alpha value is -5.31. The van der Waals surface area contributed by atoms with Crippen molar-refractivity contribution >= 4 is 41.2 Å². The van der Waals surface area contributed by atoms with Gasteiger partial charge in [0.15, 0.2) is 0 Å². The molecular formula is C43H58N6O9. The van der Waals surface area contributed by atoms with Gasteiger partial charge in [-0.2, -0.15) is 0 Å². The molecule has 5 atom stereocenters. The van der Waals surface area contributed by atoms with Crippen LogP contribution < -0.4 is 26.0 Å². The number of rotatable bonds is 12. The zero-order valence-corrected chi connectivity index (χ0v) is 34.1. The molecule has 0 aromatic heterocycles. The lowest BCUT2D eigenvalue weighted by Crippen LogP contribution is -2.58. The summed E-state index contributed by atoms with van der Waals surface area (Å²) in [5.74, 6) is -3.88. The Labute approximate surface area is 340 Å². The van der Waals surface area contributed by atoms with E-state index < -0.39 is 60.3 Å². The van der Waals surface area contributed by atoms with Crippen LogP contribution in [-0.2, 0) is 44.7 Å². The Kier molecular flexibility index (Phi) is 15.8. The fourth-order valence-electron chi connectivity index (χ4n) is 7.99. The highest BCUT2D eigenvalue weighted by Gasteiger charge is 2.45. The fourth-order valence-corrected chi connectivity index (χ4v) is 7.99. The van der Waals surface area contributed by atoms with Gasteiger partial charge in [-0.15, -0.1) is 0 Å². The van der Waals surface area contributed by atoms with Crippen molar-refractivity contribution in [2.24, 2.45) is 5.92 Å². The zero-order chi connectivity index (χ0) is 41.8. The summed E-state index contributed by atoms with van der Waals surface area (Å²) >= 11 is 0. The minimum atomic E-state index is -1.24. The van der Waals surface area contributed by atoms with Crippen molar-refractivity contribution in [3.05, 3.63) is 65.2 Å². The molecule has 2 aromatic rings. The Morgan fingerprint density at radius 1 is 0.948 bits per heavy atom. The van der Waals surface area contributed by atoms with Gasteiger partial charge in [0, 0.05) is 33.5 Å². The van der Waals surface area contributed by atoms with Crippen molar-refractivity contribution in [1.82, 2.24) is 31.1 Å². The van der Waals surface area contributed by atoms with Gasteiger partial charge in [-0.1, -0.05) is 69.0 Å². The van der Waals surface area contributed by atoms with Crippen molar-refractivity contribution in [3.8, 4) is 5.75 Å². The van der Waals surface area contributed by atoms with Crippen LogP contribution >= 0.6 is 0 Å². The number of ether oxygens (including phenoxy) is 2. The quantitative estimate of drug-likeness (QED) is 0.233. The number of fused-ring (bicyclic) bond motifs is 4. The van der Waals surface area contributed by atoms with Crippen LogP contribution in [0.2, 0.25) is 0 Å². The summed E-state index contributed by atoms with van der Waals surface area (Å²) in [5.41, 5.74) is 2.26. The van der Waals surface area contributed by atoms with Crippen LogP contribution in [0.3, 0.4) is 0 Å². The molecule has 5 rings (SSSR count). The van der Waals surface area contributed by atoms with E-state index in [1.807, 2.05) is 25.1 Å². The van der Waals surface area contributed by atoms with E-state index in [-0.39, 0.29) is 49.4 Å². The standard InChI is InChI=1S/C43H58N6O9/c1-5-13-33(39(52)41(54)44-25-36(51)47-37(42(55)48(3)4)29-14-8-6-9-15-29)45-40(53)34-24-32-26-49(34)43(56)38(30-16-10-7-11-17-30)46-35(50)23-28-20-27(2)21-31(22-28)57-18-12-19-58-32/h6,8-9,14-15,20-22,30,32-34,37-38H,5,7,10-13,16-19,23-26H2,1-4H3,(H,44,54)(H,45,53)(H,46,50)(H,47,51)/t32-,33+,34+,37+,38+/m1/s1. The van der Waals surface area contributed by atoms with E-state index in [9.17, 15) is 33.6 Å². The average molecular weight is 803 g/mol. The van der Waals surface area contributed by atoms with Gasteiger partial charge in [-0.05, 0) is 60.9 Å². The zero-order valence-electron chi connectivity index (χ0n) is 34.1. The lowest BCUT2D eigenvalue weighted by atomic mass is 9.83. The third-order valence-corrected chi connectivity index (χ3v) is 10.9. The molecule has 1 saturated carbocycles. The van der Waals surface area contributed by atoms with E-state index in [0.29, 0.717) is 37.4 Å². The second kappa shape index (κ2) is 20.9. The van der Waals surface area contributed by atoms with Gasteiger partial charge in [0.25, 0.3) is 5.91 Å². The van der Waals surface area contributed by atoms with Crippen LogP contribution in [0.1, 0.15) is 87.4 Å². The van der Waals surface area contributed by atoms with Crippen molar-refractivity contribution in [2.75, 3.05) is 40.4 Å². The van der Waals surface area contributed by atoms with Gasteiger partial charge in [0.2, 0.25) is 35.3 Å². The molecule has 3 aliphatic rings. The second-order valence-electron chi connectivity index (χ2n) is 15.8. The molecule has 6 amide bonds. The number of nitrogens with one attached hydrogen (secondary N) is 4. The first kappa shape index (κ1) is 43.8. The number of hydrogen-bond acceptors (Lipinski definition) is 9. The van der Waals surface area contributed by atoms with E-state index in [2.05, 4.69) is 21.3 Å². The minimum absolute atomic E-state index is 0.0521.